The van der Waals surface area contributed by atoms with Gasteiger partial charge in [-0.15, -0.1) is 0 Å². The average molecular weight is 313 g/mol. The molecule has 0 aromatic heterocycles. The van der Waals surface area contributed by atoms with E-state index in [-0.39, 0.29) is 0 Å². The van der Waals surface area contributed by atoms with E-state index in [2.05, 4.69) is 0 Å². The van der Waals surface area contributed by atoms with E-state index < -0.39 is 7.59 Å². The molecule has 1 unspecified atom stereocenters. The lowest BCUT2D eigenvalue weighted by Crippen LogP contribution is -2.29. The molecule has 0 spiro atoms. The highest BCUT2D eigenvalue weighted by atomic mass is 32.2. The first-order valence-electron chi connectivity index (χ1n) is 7.10. The Labute approximate surface area is 126 Å². The van der Waals surface area contributed by atoms with Gasteiger partial charge in [-0.2, -0.15) is 0 Å². The Morgan fingerprint density at radius 1 is 1.15 bits per heavy atom. The van der Waals surface area contributed by atoms with Crippen LogP contribution in [-0.4, -0.2) is 24.0 Å². The second-order valence-electron chi connectivity index (χ2n) is 5.41. The Morgan fingerprint density at radius 2 is 1.75 bits per heavy atom. The average Bonchev–Trinajstić information content (AvgIpc) is 2.46. The molecule has 0 radical (unpaired) electrons. The van der Waals surface area contributed by atoms with Gasteiger partial charge in [0.05, 0.1) is 5.69 Å². The van der Waals surface area contributed by atoms with E-state index in [1.807, 2.05) is 34.4 Å². The van der Waals surface area contributed by atoms with E-state index in [1.165, 1.54) is 32.1 Å². The lowest BCUT2D eigenvalue weighted by atomic mass is 10.0. The van der Waals surface area contributed by atoms with Crippen molar-refractivity contribution in [3.63, 3.8) is 0 Å². The molecule has 20 heavy (non-hydrogen) atoms. The van der Waals surface area contributed by atoms with Gasteiger partial charge in [-0.1, -0.05) is 37.5 Å². The zero-order valence-electron chi connectivity index (χ0n) is 12.2. The fourth-order valence-corrected chi connectivity index (χ4v) is 5.56. The summed E-state index contributed by atoms with van der Waals surface area (Å²) < 4.78 is 16.4. The summed E-state index contributed by atoms with van der Waals surface area (Å²) in [6.07, 6.45) is 6.20. The normalized spacial score (nSPS) is 19.8. The van der Waals surface area contributed by atoms with Crippen molar-refractivity contribution in [2.24, 2.45) is 5.50 Å². The van der Waals surface area contributed by atoms with E-state index >= 15 is 0 Å². The summed E-state index contributed by atoms with van der Waals surface area (Å²) in [5.74, 6) is 0. The van der Waals surface area contributed by atoms with Crippen LogP contribution in [0.5, 0.6) is 0 Å². The maximum Gasteiger partial charge on any atom is 0.315 e. The van der Waals surface area contributed by atoms with Gasteiger partial charge in [-0.3, -0.25) is 10.1 Å². The van der Waals surface area contributed by atoms with Crippen LogP contribution in [0.1, 0.15) is 32.1 Å². The number of nitrogens with zero attached hydrogens (tertiary/aromatic N) is 2. The third-order valence-electron chi connectivity index (χ3n) is 3.61. The number of benzene rings is 1. The number of rotatable bonds is 5. The molecule has 4 nitrogen and oxygen atoms in total. The molecule has 2 N–H and O–H groups in total. The maximum atomic E-state index is 12.9. The van der Waals surface area contributed by atoms with Crippen molar-refractivity contribution in [1.82, 2.24) is 4.67 Å². The first-order chi connectivity index (χ1) is 9.51. The number of hydrogen-bond donors (Lipinski definition) is 1. The van der Waals surface area contributed by atoms with Crippen LogP contribution < -0.4 is 9.58 Å². The Hall–Kier alpha value is -0.480. The zero-order chi connectivity index (χ0) is 14.6. The first kappa shape index (κ1) is 15.9. The molecule has 1 saturated carbocycles. The fraction of sp³-hybridized carbons (Fsp3) is 0.571. The van der Waals surface area contributed by atoms with Crippen LogP contribution in [0.4, 0.5) is 5.69 Å². The molecule has 1 fully saturated rings. The Balaban J connectivity index is 2.22. The molecule has 1 aliphatic carbocycles. The summed E-state index contributed by atoms with van der Waals surface area (Å²) in [5, 5.41) is 0.515. The van der Waals surface area contributed by atoms with Gasteiger partial charge < -0.3 is 0 Å². The van der Waals surface area contributed by atoms with Crippen molar-refractivity contribution in [1.29, 1.82) is 0 Å². The fourth-order valence-electron chi connectivity index (χ4n) is 2.32. The van der Waals surface area contributed by atoms with Crippen LogP contribution >= 0.6 is 19.5 Å². The Kier molecular flexibility index (Phi) is 5.56. The van der Waals surface area contributed by atoms with Crippen LogP contribution in [-0.2, 0) is 4.57 Å². The highest BCUT2D eigenvalue weighted by Crippen LogP contribution is 2.52. The molecule has 0 aliphatic heterocycles. The summed E-state index contributed by atoms with van der Waals surface area (Å²) in [7, 11) is 0.518. The van der Waals surface area contributed by atoms with E-state index in [4.69, 9.17) is 5.50 Å². The van der Waals surface area contributed by atoms with Crippen LogP contribution in [0.15, 0.2) is 30.3 Å². The van der Waals surface area contributed by atoms with Crippen molar-refractivity contribution in [3.8, 4) is 0 Å². The van der Waals surface area contributed by atoms with Gasteiger partial charge in [-0.25, -0.2) is 8.75 Å². The van der Waals surface area contributed by atoms with E-state index in [0.717, 1.165) is 5.69 Å². The second kappa shape index (κ2) is 6.99. The lowest BCUT2D eigenvalue weighted by molar-refractivity contribution is 0.511. The quantitative estimate of drug-likeness (QED) is 0.655. The van der Waals surface area contributed by atoms with Gasteiger partial charge in [0.1, 0.15) is 0 Å². The molecule has 1 aromatic rings. The molecule has 2 rings (SSSR count). The van der Waals surface area contributed by atoms with Crippen molar-refractivity contribution in [3.05, 3.63) is 30.3 Å². The number of para-hydroxylation sites is 1. The van der Waals surface area contributed by atoms with Crippen LogP contribution in [0, 0.1) is 0 Å². The van der Waals surface area contributed by atoms with Crippen molar-refractivity contribution < 1.29 is 4.57 Å². The van der Waals surface area contributed by atoms with Gasteiger partial charge in [0.15, 0.2) is 0 Å². The predicted octanol–water partition coefficient (Wildman–Crippen LogP) is 4.10. The Morgan fingerprint density at radius 3 is 2.30 bits per heavy atom. The molecule has 6 heteroatoms. The molecule has 0 heterocycles. The Bertz CT molecular complexity index is 463. The van der Waals surface area contributed by atoms with Crippen LogP contribution in [0.3, 0.4) is 0 Å². The minimum Gasteiger partial charge on any atom is -0.263 e. The third kappa shape index (κ3) is 3.79. The molecule has 0 amide bonds. The van der Waals surface area contributed by atoms with Crippen LogP contribution in [0.2, 0.25) is 0 Å². The standard InChI is InChI=1S/C14H24N3OPS/c1-16(2)19(15,18)17(13-9-5-3-6-10-13)20-14-11-7-4-8-12-14/h3,5-6,9-10,14H,4,7-8,11-12H2,1-2H3,(H2,15,18). The summed E-state index contributed by atoms with van der Waals surface area (Å²) in [6, 6.07) is 9.82. The van der Waals surface area contributed by atoms with Crippen LogP contribution in [0.25, 0.3) is 0 Å². The smallest absolute Gasteiger partial charge is 0.263 e. The minimum atomic E-state index is -3.03. The van der Waals surface area contributed by atoms with Gasteiger partial charge in [0.25, 0.3) is 0 Å². The van der Waals surface area contributed by atoms with E-state index in [0.29, 0.717) is 5.25 Å². The topological polar surface area (TPSA) is 49.6 Å². The largest absolute Gasteiger partial charge is 0.315 e. The van der Waals surface area contributed by atoms with E-state index in [1.54, 1.807) is 30.7 Å². The minimum absolute atomic E-state index is 0.515. The first-order valence-corrected chi connectivity index (χ1v) is 9.62. The number of hydrogen-bond acceptors (Lipinski definition) is 2. The van der Waals surface area contributed by atoms with Gasteiger partial charge >= 0.3 is 7.59 Å². The molecule has 0 bridgehead atoms. The molecule has 1 aromatic carbocycles. The molecule has 0 saturated heterocycles. The summed E-state index contributed by atoms with van der Waals surface area (Å²) >= 11 is 1.66. The maximum absolute atomic E-state index is 12.9. The molecular weight excluding hydrogens is 289 g/mol. The second-order valence-corrected chi connectivity index (χ2v) is 9.30. The zero-order valence-corrected chi connectivity index (χ0v) is 13.9. The van der Waals surface area contributed by atoms with Gasteiger partial charge in [0.2, 0.25) is 0 Å². The highest BCUT2D eigenvalue weighted by Gasteiger charge is 2.32. The summed E-state index contributed by atoms with van der Waals surface area (Å²) in [6.45, 7) is 0. The van der Waals surface area contributed by atoms with Gasteiger partial charge in [0, 0.05) is 5.25 Å². The monoisotopic (exact) mass is 313 g/mol. The van der Waals surface area contributed by atoms with Gasteiger partial charge in [-0.05, 0) is 51.0 Å². The third-order valence-corrected chi connectivity index (χ3v) is 7.67. The SMILES string of the molecule is CN(C)P(N)(=O)N(SC1CCCCC1)c1ccccc1. The highest BCUT2D eigenvalue weighted by molar-refractivity contribution is 8.07. The lowest BCUT2D eigenvalue weighted by Gasteiger charge is -2.36. The number of anilines is 1. The predicted molar refractivity (Wildman–Crippen MR) is 88.9 cm³/mol. The molecule has 112 valence electrons. The number of nitrogens with two attached hydrogens (primary N) is 1. The summed E-state index contributed by atoms with van der Waals surface area (Å²) in [4.78, 5) is 0. The van der Waals surface area contributed by atoms with Crippen molar-refractivity contribution in [2.45, 2.75) is 37.4 Å². The molecule has 1 atom stereocenters. The van der Waals surface area contributed by atoms with Crippen molar-refractivity contribution >= 4 is 25.2 Å². The summed E-state index contributed by atoms with van der Waals surface area (Å²) in [5.41, 5.74) is 7.06. The molecular formula is C14H24N3OPS. The van der Waals surface area contributed by atoms with Crippen molar-refractivity contribution in [2.75, 3.05) is 18.2 Å². The van der Waals surface area contributed by atoms with E-state index in [9.17, 15) is 4.57 Å². The molecule has 1 aliphatic rings.